The normalized spacial score (nSPS) is 15.8. The lowest BCUT2D eigenvalue weighted by molar-refractivity contribution is 0.268. The summed E-state index contributed by atoms with van der Waals surface area (Å²) < 4.78 is 39.9. The van der Waals surface area contributed by atoms with Crippen LogP contribution in [0.1, 0.15) is 18.9 Å². The smallest absolute Gasteiger partial charge is 0.261 e. The van der Waals surface area contributed by atoms with Gasteiger partial charge in [-0.2, -0.15) is 4.31 Å². The van der Waals surface area contributed by atoms with Gasteiger partial charge in [0.15, 0.2) is 0 Å². The Morgan fingerprint density at radius 2 is 1.84 bits per heavy atom. The van der Waals surface area contributed by atoms with E-state index >= 15 is 0 Å². The molecule has 4 rings (SSSR count). The molecule has 0 spiro atoms. The minimum absolute atomic E-state index is 0.0620. The number of aromatic nitrogens is 2. The molecule has 0 N–H and O–H groups in total. The molecule has 10 heteroatoms. The second-order valence-electron chi connectivity index (χ2n) is 7.25. The second-order valence-corrected chi connectivity index (χ2v) is 9.56. The van der Waals surface area contributed by atoms with E-state index in [1.807, 2.05) is 0 Å². The van der Waals surface area contributed by atoms with Gasteiger partial charge in [0.2, 0.25) is 10.0 Å². The zero-order chi connectivity index (χ0) is 22.2. The van der Waals surface area contributed by atoms with E-state index in [1.54, 1.807) is 34.9 Å². The standard InChI is InChI=1S/C21H22ClN3O5S/c1-29-15-6-7-18(30-2)19(12-15)31(27,28)24-10-8-14(9-11-24)25-13-23-20-16(21(25)26)4-3-5-17(20)22/h3-7,12-14H,8-11H2,1-2H3. The Morgan fingerprint density at radius 3 is 2.52 bits per heavy atom. The molecule has 1 fully saturated rings. The van der Waals surface area contributed by atoms with Gasteiger partial charge in [-0.05, 0) is 37.1 Å². The summed E-state index contributed by atoms with van der Waals surface area (Å²) in [5.74, 6) is 0.691. The van der Waals surface area contributed by atoms with Gasteiger partial charge in [0.05, 0.1) is 36.5 Å². The Kier molecular flexibility index (Phi) is 5.92. The fourth-order valence-electron chi connectivity index (χ4n) is 3.88. The van der Waals surface area contributed by atoms with Crippen molar-refractivity contribution in [3.63, 3.8) is 0 Å². The van der Waals surface area contributed by atoms with Gasteiger partial charge < -0.3 is 9.47 Å². The Morgan fingerprint density at radius 1 is 1.10 bits per heavy atom. The van der Waals surface area contributed by atoms with Crippen LogP contribution in [0.15, 0.2) is 52.4 Å². The summed E-state index contributed by atoms with van der Waals surface area (Å²) in [5.41, 5.74) is 0.291. The third kappa shape index (κ3) is 3.88. The molecule has 1 aliphatic heterocycles. The molecule has 3 aromatic rings. The highest BCUT2D eigenvalue weighted by atomic mass is 35.5. The van der Waals surface area contributed by atoms with E-state index in [0.717, 1.165) is 0 Å². The van der Waals surface area contributed by atoms with Gasteiger partial charge in [-0.3, -0.25) is 9.36 Å². The number of hydrogen-bond donors (Lipinski definition) is 0. The molecule has 0 radical (unpaired) electrons. The highest BCUT2D eigenvalue weighted by Gasteiger charge is 2.33. The molecule has 0 atom stereocenters. The van der Waals surface area contributed by atoms with Crippen molar-refractivity contribution < 1.29 is 17.9 Å². The third-order valence-corrected chi connectivity index (χ3v) is 7.79. The fraction of sp³-hybridized carbons (Fsp3) is 0.333. The van der Waals surface area contributed by atoms with E-state index in [0.29, 0.717) is 34.5 Å². The molecule has 1 aliphatic rings. The first-order valence-corrected chi connectivity index (χ1v) is 11.6. The van der Waals surface area contributed by atoms with Crippen LogP contribution in [-0.4, -0.2) is 49.6 Å². The molecule has 0 unspecified atom stereocenters. The lowest BCUT2D eigenvalue weighted by Gasteiger charge is -2.32. The monoisotopic (exact) mass is 463 g/mol. The number of halogens is 1. The van der Waals surface area contributed by atoms with E-state index in [9.17, 15) is 13.2 Å². The van der Waals surface area contributed by atoms with Crippen LogP contribution < -0.4 is 15.0 Å². The van der Waals surface area contributed by atoms with Crippen molar-refractivity contribution in [1.82, 2.24) is 13.9 Å². The molecule has 0 amide bonds. The topological polar surface area (TPSA) is 90.7 Å². The summed E-state index contributed by atoms with van der Waals surface area (Å²) in [7, 11) is -0.878. The number of sulfonamides is 1. The van der Waals surface area contributed by atoms with Gasteiger partial charge in [-0.25, -0.2) is 13.4 Å². The zero-order valence-corrected chi connectivity index (χ0v) is 18.7. The quantitative estimate of drug-likeness (QED) is 0.577. The first-order valence-electron chi connectivity index (χ1n) is 9.74. The molecule has 0 saturated carbocycles. The maximum Gasteiger partial charge on any atom is 0.261 e. The van der Waals surface area contributed by atoms with E-state index in [-0.39, 0.29) is 35.3 Å². The first-order chi connectivity index (χ1) is 14.9. The van der Waals surface area contributed by atoms with Gasteiger partial charge in [-0.1, -0.05) is 17.7 Å². The molecule has 2 heterocycles. The van der Waals surface area contributed by atoms with Crippen LogP contribution in [0.2, 0.25) is 5.02 Å². The number of hydrogen-bond acceptors (Lipinski definition) is 6. The number of methoxy groups -OCH3 is 2. The van der Waals surface area contributed by atoms with Gasteiger partial charge in [0.1, 0.15) is 16.4 Å². The number of ether oxygens (including phenoxy) is 2. The summed E-state index contributed by atoms with van der Waals surface area (Å²) in [5, 5.41) is 0.876. The van der Waals surface area contributed by atoms with Crippen molar-refractivity contribution in [3.05, 3.63) is 58.1 Å². The number of para-hydroxylation sites is 1. The summed E-state index contributed by atoms with van der Waals surface area (Å²) in [6.45, 7) is 0.542. The Labute approximate surface area is 185 Å². The lowest BCUT2D eigenvalue weighted by Crippen LogP contribution is -2.41. The lowest BCUT2D eigenvalue weighted by atomic mass is 10.1. The molecule has 1 saturated heterocycles. The van der Waals surface area contributed by atoms with Gasteiger partial charge in [-0.15, -0.1) is 0 Å². The van der Waals surface area contributed by atoms with Crippen LogP contribution in [0.25, 0.3) is 10.9 Å². The molecule has 0 aliphatic carbocycles. The predicted octanol–water partition coefficient (Wildman–Crippen LogP) is 3.09. The largest absolute Gasteiger partial charge is 0.497 e. The summed E-state index contributed by atoms with van der Waals surface area (Å²) in [6.07, 6.45) is 2.47. The first kappa shape index (κ1) is 21.6. The molecule has 1 aromatic heterocycles. The number of nitrogens with zero attached hydrogens (tertiary/aromatic N) is 3. The van der Waals surface area contributed by atoms with Crippen molar-refractivity contribution >= 4 is 32.5 Å². The summed E-state index contributed by atoms with van der Waals surface area (Å²) in [4.78, 5) is 17.3. The number of fused-ring (bicyclic) bond motifs is 1. The van der Waals surface area contributed by atoms with Crippen molar-refractivity contribution in [2.75, 3.05) is 27.3 Å². The highest BCUT2D eigenvalue weighted by Crippen LogP contribution is 2.33. The maximum atomic E-state index is 13.3. The van der Waals surface area contributed by atoms with Crippen molar-refractivity contribution in [2.24, 2.45) is 0 Å². The average Bonchev–Trinajstić information content (AvgIpc) is 2.79. The van der Waals surface area contributed by atoms with Gasteiger partial charge >= 0.3 is 0 Å². The van der Waals surface area contributed by atoms with Crippen molar-refractivity contribution in [3.8, 4) is 11.5 Å². The van der Waals surface area contributed by atoms with Crippen molar-refractivity contribution in [2.45, 2.75) is 23.8 Å². The number of rotatable bonds is 5. The van der Waals surface area contributed by atoms with Crippen LogP contribution in [-0.2, 0) is 10.0 Å². The molecule has 164 valence electrons. The van der Waals surface area contributed by atoms with Gasteiger partial charge in [0, 0.05) is 25.2 Å². The minimum Gasteiger partial charge on any atom is -0.497 e. The molecule has 31 heavy (non-hydrogen) atoms. The third-order valence-electron chi connectivity index (χ3n) is 5.57. The Bertz CT molecular complexity index is 1280. The van der Waals surface area contributed by atoms with Crippen molar-refractivity contribution in [1.29, 1.82) is 0 Å². The van der Waals surface area contributed by atoms with Crippen LogP contribution in [0, 0.1) is 0 Å². The average molecular weight is 464 g/mol. The molecular weight excluding hydrogens is 442 g/mol. The van der Waals surface area contributed by atoms with Crippen LogP contribution in [0.5, 0.6) is 11.5 Å². The van der Waals surface area contributed by atoms with E-state index in [4.69, 9.17) is 21.1 Å². The van der Waals surface area contributed by atoms with E-state index in [2.05, 4.69) is 4.98 Å². The zero-order valence-electron chi connectivity index (χ0n) is 17.1. The van der Waals surface area contributed by atoms with Gasteiger partial charge in [0.25, 0.3) is 5.56 Å². The maximum absolute atomic E-state index is 13.3. The molecular formula is C21H22ClN3O5S. The van der Waals surface area contributed by atoms with Crippen LogP contribution in [0.4, 0.5) is 0 Å². The Balaban J connectivity index is 1.59. The minimum atomic E-state index is -3.79. The summed E-state index contributed by atoms with van der Waals surface area (Å²) >= 11 is 6.14. The van der Waals surface area contributed by atoms with Crippen LogP contribution in [0.3, 0.4) is 0 Å². The number of piperidine rings is 1. The second kappa shape index (κ2) is 8.49. The molecule has 0 bridgehead atoms. The molecule has 2 aromatic carbocycles. The number of benzene rings is 2. The SMILES string of the molecule is COc1ccc(OC)c(S(=O)(=O)N2CCC(n3cnc4c(Cl)cccc4c3=O)CC2)c1. The summed E-state index contributed by atoms with van der Waals surface area (Å²) in [6, 6.07) is 9.64. The van der Waals surface area contributed by atoms with Crippen LogP contribution >= 0.6 is 11.6 Å². The fourth-order valence-corrected chi connectivity index (χ4v) is 5.74. The molecule has 8 nitrogen and oxygen atoms in total. The highest BCUT2D eigenvalue weighted by molar-refractivity contribution is 7.89. The Hall–Kier alpha value is -2.62. The van der Waals surface area contributed by atoms with E-state index in [1.165, 1.54) is 30.9 Å². The predicted molar refractivity (Wildman–Crippen MR) is 118 cm³/mol. The van der Waals surface area contributed by atoms with E-state index < -0.39 is 10.0 Å².